The van der Waals surface area contributed by atoms with Gasteiger partial charge in [0.1, 0.15) is 0 Å². The van der Waals surface area contributed by atoms with Crippen LogP contribution < -0.4 is 5.32 Å². The minimum atomic E-state index is -0.300. The summed E-state index contributed by atoms with van der Waals surface area (Å²) >= 11 is 0. The number of aliphatic hydroxyl groups is 1. The lowest BCUT2D eigenvalue weighted by Crippen LogP contribution is -2.34. The number of aliphatic hydroxyl groups excluding tert-OH is 1. The van der Waals surface area contributed by atoms with E-state index in [1.165, 1.54) is 0 Å². The molecule has 0 saturated carbocycles. The number of carbonyl (C=O) groups excluding carboxylic acids is 1. The van der Waals surface area contributed by atoms with Crippen LogP contribution in [0.15, 0.2) is 30.3 Å². The average Bonchev–Trinajstić information content (AvgIpc) is 2.31. The van der Waals surface area contributed by atoms with Crippen LogP contribution in [-0.2, 0) is 4.79 Å². The fraction of sp³-hybridized carbons (Fsp3) is 0.462. The SMILES string of the molecule is CCC(CO)C(=O)NC(C)c1ccccc1. The summed E-state index contributed by atoms with van der Waals surface area (Å²) < 4.78 is 0. The highest BCUT2D eigenvalue weighted by atomic mass is 16.3. The fourth-order valence-electron chi connectivity index (χ4n) is 1.55. The maximum absolute atomic E-state index is 11.7. The van der Waals surface area contributed by atoms with Gasteiger partial charge >= 0.3 is 0 Å². The Morgan fingerprint density at radius 1 is 1.38 bits per heavy atom. The van der Waals surface area contributed by atoms with E-state index in [9.17, 15) is 4.79 Å². The third-order valence-electron chi connectivity index (χ3n) is 2.74. The van der Waals surface area contributed by atoms with Crippen molar-refractivity contribution in [2.45, 2.75) is 26.3 Å². The molecule has 0 radical (unpaired) electrons. The molecule has 0 saturated heterocycles. The van der Waals surface area contributed by atoms with Crippen molar-refractivity contribution in [1.82, 2.24) is 5.32 Å². The standard InChI is InChI=1S/C13H19NO2/c1-3-11(9-15)13(16)14-10(2)12-7-5-4-6-8-12/h4-8,10-11,15H,3,9H2,1-2H3,(H,14,16). The molecule has 2 N–H and O–H groups in total. The van der Waals surface area contributed by atoms with E-state index in [-0.39, 0.29) is 24.5 Å². The molecule has 0 bridgehead atoms. The van der Waals surface area contributed by atoms with Gasteiger partial charge in [-0.1, -0.05) is 37.3 Å². The van der Waals surface area contributed by atoms with Crippen molar-refractivity contribution < 1.29 is 9.90 Å². The Balaban J connectivity index is 2.58. The first-order valence-corrected chi connectivity index (χ1v) is 5.65. The van der Waals surface area contributed by atoms with Gasteiger partial charge in [0.05, 0.1) is 18.6 Å². The van der Waals surface area contributed by atoms with Crippen LogP contribution in [0.4, 0.5) is 0 Å². The van der Waals surface area contributed by atoms with Crippen molar-refractivity contribution in [3.05, 3.63) is 35.9 Å². The summed E-state index contributed by atoms with van der Waals surface area (Å²) in [6.45, 7) is 3.74. The molecule has 16 heavy (non-hydrogen) atoms. The highest BCUT2D eigenvalue weighted by Gasteiger charge is 2.17. The lowest BCUT2D eigenvalue weighted by Gasteiger charge is -2.18. The second-order valence-electron chi connectivity index (χ2n) is 3.93. The molecule has 0 spiro atoms. The predicted octanol–water partition coefficient (Wildman–Crippen LogP) is 1.88. The molecule has 0 aliphatic carbocycles. The summed E-state index contributed by atoms with van der Waals surface area (Å²) in [6, 6.07) is 9.77. The number of amides is 1. The molecule has 1 aromatic carbocycles. The van der Waals surface area contributed by atoms with Crippen LogP contribution in [0, 0.1) is 5.92 Å². The molecule has 1 amide bonds. The minimum absolute atomic E-state index is 0.0192. The zero-order chi connectivity index (χ0) is 12.0. The molecule has 3 heteroatoms. The first kappa shape index (κ1) is 12.7. The zero-order valence-corrected chi connectivity index (χ0v) is 9.81. The molecular weight excluding hydrogens is 202 g/mol. The number of rotatable bonds is 5. The van der Waals surface area contributed by atoms with Crippen LogP contribution in [0.5, 0.6) is 0 Å². The van der Waals surface area contributed by atoms with E-state index in [2.05, 4.69) is 5.32 Å². The van der Waals surface area contributed by atoms with Gasteiger partial charge in [-0.2, -0.15) is 0 Å². The van der Waals surface area contributed by atoms with E-state index in [1.54, 1.807) is 0 Å². The molecule has 0 heterocycles. The number of hydrogen-bond acceptors (Lipinski definition) is 2. The smallest absolute Gasteiger partial charge is 0.225 e. The van der Waals surface area contributed by atoms with E-state index in [0.717, 1.165) is 5.56 Å². The maximum Gasteiger partial charge on any atom is 0.225 e. The predicted molar refractivity (Wildman–Crippen MR) is 63.9 cm³/mol. The molecule has 0 fully saturated rings. The van der Waals surface area contributed by atoms with Gasteiger partial charge in [0.25, 0.3) is 0 Å². The highest BCUT2D eigenvalue weighted by molar-refractivity contribution is 5.79. The third-order valence-corrected chi connectivity index (χ3v) is 2.74. The molecule has 2 atom stereocenters. The second-order valence-corrected chi connectivity index (χ2v) is 3.93. The van der Waals surface area contributed by atoms with Gasteiger partial charge in [-0.25, -0.2) is 0 Å². The van der Waals surface area contributed by atoms with Crippen LogP contribution in [0.2, 0.25) is 0 Å². The van der Waals surface area contributed by atoms with Crippen molar-refractivity contribution in [3.8, 4) is 0 Å². The van der Waals surface area contributed by atoms with Gasteiger partial charge in [-0.15, -0.1) is 0 Å². The Hall–Kier alpha value is -1.35. The zero-order valence-electron chi connectivity index (χ0n) is 9.81. The Kier molecular flexibility index (Phi) is 4.99. The number of benzene rings is 1. The van der Waals surface area contributed by atoms with Crippen LogP contribution in [0.3, 0.4) is 0 Å². The Bertz CT molecular complexity index is 320. The molecule has 3 nitrogen and oxygen atoms in total. The molecular formula is C13H19NO2. The lowest BCUT2D eigenvalue weighted by atomic mass is 10.0. The normalized spacial score (nSPS) is 14.2. The molecule has 88 valence electrons. The quantitative estimate of drug-likeness (QED) is 0.797. The molecule has 0 aromatic heterocycles. The molecule has 1 aromatic rings. The van der Waals surface area contributed by atoms with E-state index in [1.807, 2.05) is 44.2 Å². The van der Waals surface area contributed by atoms with Crippen molar-refractivity contribution in [2.24, 2.45) is 5.92 Å². The molecule has 0 aliphatic heterocycles. The maximum atomic E-state index is 11.7. The summed E-state index contributed by atoms with van der Waals surface area (Å²) in [5.74, 6) is -0.382. The summed E-state index contributed by atoms with van der Waals surface area (Å²) in [7, 11) is 0. The summed E-state index contributed by atoms with van der Waals surface area (Å²) in [6.07, 6.45) is 0.657. The van der Waals surface area contributed by atoms with Gasteiger partial charge < -0.3 is 10.4 Å². The van der Waals surface area contributed by atoms with Crippen molar-refractivity contribution in [2.75, 3.05) is 6.61 Å². The first-order chi connectivity index (χ1) is 7.69. The lowest BCUT2D eigenvalue weighted by molar-refractivity contribution is -0.126. The molecule has 1 rings (SSSR count). The van der Waals surface area contributed by atoms with E-state index < -0.39 is 0 Å². The van der Waals surface area contributed by atoms with Crippen LogP contribution >= 0.6 is 0 Å². The van der Waals surface area contributed by atoms with Crippen LogP contribution in [0.25, 0.3) is 0 Å². The Morgan fingerprint density at radius 2 is 2.00 bits per heavy atom. The van der Waals surface area contributed by atoms with Crippen LogP contribution in [-0.4, -0.2) is 17.6 Å². The summed E-state index contributed by atoms with van der Waals surface area (Å²) in [5, 5.41) is 11.9. The van der Waals surface area contributed by atoms with Crippen LogP contribution in [0.1, 0.15) is 31.9 Å². The van der Waals surface area contributed by atoms with Gasteiger partial charge in [0.15, 0.2) is 0 Å². The van der Waals surface area contributed by atoms with Gasteiger partial charge in [0.2, 0.25) is 5.91 Å². The summed E-state index contributed by atoms with van der Waals surface area (Å²) in [4.78, 5) is 11.7. The number of carbonyl (C=O) groups is 1. The van der Waals surface area contributed by atoms with E-state index >= 15 is 0 Å². The van der Waals surface area contributed by atoms with Gasteiger partial charge in [0, 0.05) is 0 Å². The second kappa shape index (κ2) is 6.28. The van der Waals surface area contributed by atoms with E-state index in [4.69, 9.17) is 5.11 Å². The topological polar surface area (TPSA) is 49.3 Å². The fourth-order valence-corrected chi connectivity index (χ4v) is 1.55. The molecule has 0 aliphatic rings. The van der Waals surface area contributed by atoms with E-state index in [0.29, 0.717) is 6.42 Å². The first-order valence-electron chi connectivity index (χ1n) is 5.65. The minimum Gasteiger partial charge on any atom is -0.396 e. The summed E-state index contributed by atoms with van der Waals surface area (Å²) in [5.41, 5.74) is 1.07. The average molecular weight is 221 g/mol. The van der Waals surface area contributed by atoms with Gasteiger partial charge in [-0.3, -0.25) is 4.79 Å². The van der Waals surface area contributed by atoms with Crippen molar-refractivity contribution >= 4 is 5.91 Å². The Morgan fingerprint density at radius 3 is 2.50 bits per heavy atom. The Labute approximate surface area is 96.5 Å². The third kappa shape index (κ3) is 3.35. The monoisotopic (exact) mass is 221 g/mol. The molecule has 2 unspecified atom stereocenters. The van der Waals surface area contributed by atoms with Crippen molar-refractivity contribution in [1.29, 1.82) is 0 Å². The number of nitrogens with one attached hydrogen (secondary N) is 1. The van der Waals surface area contributed by atoms with Gasteiger partial charge in [-0.05, 0) is 18.9 Å². The highest BCUT2D eigenvalue weighted by Crippen LogP contribution is 2.12. The number of hydrogen-bond donors (Lipinski definition) is 2. The van der Waals surface area contributed by atoms with Crippen molar-refractivity contribution in [3.63, 3.8) is 0 Å². The largest absolute Gasteiger partial charge is 0.396 e.